The molecule has 2 aliphatic heterocycles. The molecule has 2 rings (SSSR count). The van der Waals surface area contributed by atoms with Crippen molar-refractivity contribution in [3.05, 3.63) is 0 Å². The molecule has 0 aromatic heterocycles. The summed E-state index contributed by atoms with van der Waals surface area (Å²) >= 11 is 0. The molecule has 1 spiro atoms. The highest BCUT2D eigenvalue weighted by atomic mass is 16.6. The Hall–Kier alpha value is -1.91. The van der Waals surface area contributed by atoms with Gasteiger partial charge in [-0.25, -0.2) is 4.79 Å². The van der Waals surface area contributed by atoms with Gasteiger partial charge in [-0.2, -0.15) is 0 Å². The van der Waals surface area contributed by atoms with Crippen LogP contribution < -0.4 is 5.73 Å². The van der Waals surface area contributed by atoms with Crippen LogP contribution in [0.5, 0.6) is 0 Å². The van der Waals surface area contributed by atoms with Gasteiger partial charge in [-0.1, -0.05) is 0 Å². The number of carbonyl (C=O) groups is 3. The minimum absolute atomic E-state index is 0.0655. The number of piperazine rings is 1. The molecule has 3 amide bonds. The largest absolute Gasteiger partial charge is 0.444 e. The predicted molar refractivity (Wildman–Crippen MR) is 90.7 cm³/mol. The molecule has 2 fully saturated rings. The van der Waals surface area contributed by atoms with E-state index in [9.17, 15) is 24.6 Å². The number of aliphatic hydroxyl groups excluding tert-OH is 2. The highest BCUT2D eigenvalue weighted by molar-refractivity contribution is 5.80. The second-order valence-electron chi connectivity index (χ2n) is 7.82. The van der Waals surface area contributed by atoms with E-state index in [1.807, 2.05) is 0 Å². The average Bonchev–Trinajstić information content (AvgIpc) is 2.52. The van der Waals surface area contributed by atoms with Crippen LogP contribution in [0.25, 0.3) is 0 Å². The molecule has 2 heterocycles. The van der Waals surface area contributed by atoms with Crippen molar-refractivity contribution in [3.8, 4) is 0 Å². The van der Waals surface area contributed by atoms with Gasteiger partial charge in [-0.15, -0.1) is 0 Å². The fourth-order valence-corrected chi connectivity index (χ4v) is 3.57. The number of carbonyl (C=O) groups excluding carboxylic acids is 3. The fraction of sp³-hybridized carbons (Fsp3) is 0.812. The Labute approximate surface area is 152 Å². The Morgan fingerprint density at radius 3 is 2.31 bits per heavy atom. The molecule has 148 valence electrons. The number of hydrogen-bond acceptors (Lipinski definition) is 7. The van der Waals surface area contributed by atoms with Crippen LogP contribution >= 0.6 is 0 Å². The second-order valence-corrected chi connectivity index (χ2v) is 7.82. The molecule has 0 aromatic carbocycles. The monoisotopic (exact) mass is 372 g/mol. The van der Waals surface area contributed by atoms with Crippen LogP contribution in [-0.2, 0) is 14.3 Å². The normalized spacial score (nSPS) is 27.8. The van der Waals surface area contributed by atoms with E-state index in [2.05, 4.69) is 0 Å². The molecule has 3 atom stereocenters. The van der Waals surface area contributed by atoms with E-state index in [4.69, 9.17) is 10.5 Å². The third-order valence-corrected chi connectivity index (χ3v) is 4.78. The van der Waals surface area contributed by atoms with Crippen molar-refractivity contribution in [2.75, 3.05) is 32.8 Å². The zero-order chi connectivity index (χ0) is 19.9. The molecule has 0 radical (unpaired) electrons. The first kappa shape index (κ1) is 20.4. The number of nitrogens with zero attached hydrogens (tertiary/aromatic N) is 3. The summed E-state index contributed by atoms with van der Waals surface area (Å²) in [6.07, 6.45) is -1.76. The third kappa shape index (κ3) is 3.62. The Bertz CT molecular complexity index is 592. The van der Waals surface area contributed by atoms with Crippen LogP contribution in [-0.4, -0.2) is 99.0 Å². The van der Waals surface area contributed by atoms with E-state index < -0.39 is 42.0 Å². The molecule has 10 heteroatoms. The van der Waals surface area contributed by atoms with Crippen LogP contribution in [0, 0.1) is 0 Å². The maximum Gasteiger partial charge on any atom is 0.410 e. The fourth-order valence-electron chi connectivity index (χ4n) is 3.57. The van der Waals surface area contributed by atoms with E-state index in [0.29, 0.717) is 0 Å². The van der Waals surface area contributed by atoms with Gasteiger partial charge in [0.1, 0.15) is 23.4 Å². The lowest BCUT2D eigenvalue weighted by atomic mass is 9.81. The lowest BCUT2D eigenvalue weighted by Gasteiger charge is -2.63. The lowest BCUT2D eigenvalue weighted by molar-refractivity contribution is -0.236. The zero-order valence-corrected chi connectivity index (χ0v) is 15.6. The van der Waals surface area contributed by atoms with Gasteiger partial charge in [0.15, 0.2) is 0 Å². The first-order valence-electron chi connectivity index (χ1n) is 8.53. The summed E-state index contributed by atoms with van der Waals surface area (Å²) < 4.78 is 5.38. The summed E-state index contributed by atoms with van der Waals surface area (Å²) in [5.41, 5.74) is 3.53. The molecule has 4 N–H and O–H groups in total. The smallest absolute Gasteiger partial charge is 0.410 e. The van der Waals surface area contributed by atoms with Gasteiger partial charge < -0.3 is 30.5 Å². The minimum atomic E-state index is -1.23. The molecule has 26 heavy (non-hydrogen) atoms. The first-order valence-corrected chi connectivity index (χ1v) is 8.53. The molecular formula is C16H28N4O6. The van der Waals surface area contributed by atoms with Crippen LogP contribution in [0.15, 0.2) is 0 Å². The van der Waals surface area contributed by atoms with Crippen molar-refractivity contribution in [1.29, 1.82) is 0 Å². The maximum atomic E-state index is 12.4. The number of hydrogen-bond donors (Lipinski definition) is 3. The van der Waals surface area contributed by atoms with E-state index in [-0.39, 0.29) is 32.1 Å². The van der Waals surface area contributed by atoms with Gasteiger partial charge in [0.2, 0.25) is 11.8 Å². The van der Waals surface area contributed by atoms with E-state index in [0.717, 1.165) is 0 Å². The molecule has 0 bridgehead atoms. The maximum absolute atomic E-state index is 12.4. The quantitative estimate of drug-likeness (QED) is 0.537. The lowest BCUT2D eigenvalue weighted by Crippen LogP contribution is -2.84. The molecule has 0 saturated carbocycles. The summed E-state index contributed by atoms with van der Waals surface area (Å²) in [6.45, 7) is 6.80. The van der Waals surface area contributed by atoms with Gasteiger partial charge in [0.05, 0.1) is 13.2 Å². The minimum Gasteiger partial charge on any atom is -0.444 e. The van der Waals surface area contributed by atoms with Crippen LogP contribution in [0.3, 0.4) is 0 Å². The number of likely N-dealkylation sites (tertiary alicyclic amines) is 1. The van der Waals surface area contributed by atoms with Crippen LogP contribution in [0.4, 0.5) is 4.79 Å². The van der Waals surface area contributed by atoms with E-state index in [1.165, 1.54) is 21.6 Å². The van der Waals surface area contributed by atoms with E-state index in [1.54, 1.807) is 20.8 Å². The number of amides is 3. The molecule has 0 aromatic rings. The summed E-state index contributed by atoms with van der Waals surface area (Å²) in [6, 6.07) is -1.05. The highest BCUT2D eigenvalue weighted by Crippen LogP contribution is 2.38. The number of rotatable bonds is 3. The first-order chi connectivity index (χ1) is 11.9. The summed E-state index contributed by atoms with van der Waals surface area (Å²) in [5, 5.41) is 20.1. The zero-order valence-electron chi connectivity index (χ0n) is 15.6. The molecular weight excluding hydrogens is 344 g/mol. The number of ether oxygens (including phenoxy) is 1. The molecule has 2 unspecified atom stereocenters. The Balaban J connectivity index is 2.21. The number of nitrogens with two attached hydrogens (primary N) is 1. The number of primary amides is 1. The highest BCUT2D eigenvalue weighted by Gasteiger charge is 2.61. The van der Waals surface area contributed by atoms with Crippen molar-refractivity contribution in [1.82, 2.24) is 14.7 Å². The number of aliphatic hydroxyl groups is 2. The molecule has 0 aliphatic carbocycles. The SMILES string of the molecule is CC(=O)N1CCN(C(=O)OC(C)(C)C)CC12CN([C@@H](CO)C(N)=O)C2O. The van der Waals surface area contributed by atoms with Crippen molar-refractivity contribution >= 4 is 17.9 Å². The summed E-state index contributed by atoms with van der Waals surface area (Å²) in [5.74, 6) is -1.01. The van der Waals surface area contributed by atoms with Gasteiger partial charge >= 0.3 is 6.09 Å². The van der Waals surface area contributed by atoms with Gasteiger partial charge in [0.25, 0.3) is 0 Å². The van der Waals surface area contributed by atoms with Gasteiger partial charge in [0, 0.05) is 26.6 Å². The third-order valence-electron chi connectivity index (χ3n) is 4.78. The van der Waals surface area contributed by atoms with Crippen molar-refractivity contribution < 1.29 is 29.3 Å². The second kappa shape index (κ2) is 7.01. The Kier molecular flexibility index (Phi) is 5.50. The van der Waals surface area contributed by atoms with Gasteiger partial charge in [-0.3, -0.25) is 14.5 Å². The van der Waals surface area contributed by atoms with Crippen LogP contribution in [0.2, 0.25) is 0 Å². The van der Waals surface area contributed by atoms with Crippen LogP contribution in [0.1, 0.15) is 27.7 Å². The van der Waals surface area contributed by atoms with Crippen molar-refractivity contribution in [2.24, 2.45) is 5.73 Å². The van der Waals surface area contributed by atoms with Crippen molar-refractivity contribution in [3.63, 3.8) is 0 Å². The summed E-state index contributed by atoms with van der Waals surface area (Å²) in [7, 11) is 0. The molecule has 2 aliphatic rings. The Morgan fingerprint density at radius 2 is 1.88 bits per heavy atom. The standard InChI is InChI=1S/C16H28N4O6/c1-10(22)20-6-5-18(14(25)26-15(2,3)4)8-16(20)9-19(13(16)24)11(7-21)12(17)23/h11,13,21,24H,5-9H2,1-4H3,(H2,17,23)/t11-,13?,16?/m0/s1. The molecule has 10 nitrogen and oxygen atoms in total. The summed E-state index contributed by atoms with van der Waals surface area (Å²) in [4.78, 5) is 40.2. The predicted octanol–water partition coefficient (Wildman–Crippen LogP) is -1.70. The van der Waals surface area contributed by atoms with Gasteiger partial charge in [-0.05, 0) is 20.8 Å². The topological polar surface area (TPSA) is 137 Å². The Morgan fingerprint density at radius 1 is 1.27 bits per heavy atom. The van der Waals surface area contributed by atoms with E-state index >= 15 is 0 Å². The molecule has 2 saturated heterocycles. The van der Waals surface area contributed by atoms with Crippen molar-refractivity contribution in [2.45, 2.75) is 51.1 Å². The average molecular weight is 372 g/mol.